The Balaban J connectivity index is 1.93. The maximum Gasteiger partial charge on any atom is 0.446 e. The number of hydrogen-bond donors (Lipinski definition) is 2. The molecule has 3 rings (SSSR count). The van der Waals surface area contributed by atoms with E-state index in [1.54, 1.807) is 12.1 Å². The Morgan fingerprint density at radius 1 is 1.42 bits per heavy atom. The normalized spacial score (nSPS) is 19.5. The summed E-state index contributed by atoms with van der Waals surface area (Å²) in [6.07, 6.45) is -1.29. The van der Waals surface area contributed by atoms with E-state index in [4.69, 9.17) is 0 Å². The number of carbonyl (C=O) groups is 1. The first-order valence-corrected chi connectivity index (χ1v) is 10.2. The molecule has 0 radical (unpaired) electrons. The van der Waals surface area contributed by atoms with Crippen molar-refractivity contribution < 1.29 is 27.1 Å². The Bertz CT molecular complexity index is 1000. The fraction of sp³-hybridized carbons (Fsp3) is 0.474. The summed E-state index contributed by atoms with van der Waals surface area (Å²) in [5, 5.41) is 9.62. The predicted molar refractivity (Wildman–Crippen MR) is 109 cm³/mol. The van der Waals surface area contributed by atoms with Crippen molar-refractivity contribution in [1.29, 1.82) is 0 Å². The third-order valence-electron chi connectivity index (χ3n) is 4.62. The highest BCUT2D eigenvalue weighted by atomic mass is 32.2. The minimum Gasteiger partial charge on any atom is -0.453 e. The van der Waals surface area contributed by atoms with Crippen molar-refractivity contribution in [2.24, 2.45) is 0 Å². The molecule has 0 spiro atoms. The number of anilines is 1. The van der Waals surface area contributed by atoms with Gasteiger partial charge < -0.3 is 20.3 Å². The van der Waals surface area contributed by atoms with Gasteiger partial charge in [-0.15, -0.1) is 0 Å². The van der Waals surface area contributed by atoms with Crippen molar-refractivity contribution >= 4 is 29.2 Å². The number of thioether (sulfide) groups is 1. The lowest BCUT2D eigenvalue weighted by molar-refractivity contribution is -0.0327. The molecule has 0 unspecified atom stereocenters. The molecule has 1 amide bonds. The van der Waals surface area contributed by atoms with Gasteiger partial charge in [-0.05, 0) is 43.3 Å². The van der Waals surface area contributed by atoms with E-state index in [-0.39, 0.29) is 41.0 Å². The molecule has 2 aromatic heterocycles. The van der Waals surface area contributed by atoms with Crippen LogP contribution in [0.1, 0.15) is 12.1 Å². The van der Waals surface area contributed by atoms with Crippen LogP contribution in [0.2, 0.25) is 0 Å². The lowest BCUT2D eigenvalue weighted by Crippen LogP contribution is -2.46. The van der Waals surface area contributed by atoms with Crippen LogP contribution in [0.4, 0.5) is 28.2 Å². The van der Waals surface area contributed by atoms with E-state index in [1.807, 2.05) is 11.9 Å². The Kier molecular flexibility index (Phi) is 7.17. The molecule has 0 saturated carbocycles. The SMILES string of the molecule is COC(=O)NCC#Cc1nn2c(N[C@@H]3CCN(C)C[C@@H]3F)cccc2c1SC(F)(F)F. The molecule has 0 bridgehead atoms. The topological polar surface area (TPSA) is 70.9 Å². The number of carbonyl (C=O) groups excluding carboxylic acids is 1. The average Bonchev–Trinajstić information content (AvgIpc) is 3.04. The number of ether oxygens (including phenoxy) is 1. The van der Waals surface area contributed by atoms with E-state index in [1.165, 1.54) is 17.7 Å². The van der Waals surface area contributed by atoms with Gasteiger partial charge in [0.05, 0.1) is 30.1 Å². The summed E-state index contributed by atoms with van der Waals surface area (Å²) in [6, 6.07) is 4.22. The summed E-state index contributed by atoms with van der Waals surface area (Å²) in [7, 11) is 3.02. The molecule has 1 fully saturated rings. The zero-order valence-corrected chi connectivity index (χ0v) is 17.6. The van der Waals surface area contributed by atoms with Gasteiger partial charge in [0.1, 0.15) is 17.7 Å². The lowest BCUT2D eigenvalue weighted by Gasteiger charge is -2.33. The van der Waals surface area contributed by atoms with Crippen LogP contribution in [0.3, 0.4) is 0 Å². The molecule has 1 aliphatic rings. The number of halogens is 4. The Morgan fingerprint density at radius 2 is 2.19 bits per heavy atom. The molecule has 1 saturated heterocycles. The summed E-state index contributed by atoms with van der Waals surface area (Å²) in [5.74, 6) is 5.51. The number of hydrogen-bond acceptors (Lipinski definition) is 6. The second-order valence-electron chi connectivity index (χ2n) is 6.90. The fourth-order valence-corrected chi connectivity index (χ4v) is 3.86. The number of methoxy groups -OCH3 is 1. The van der Waals surface area contributed by atoms with Gasteiger partial charge in [0.15, 0.2) is 0 Å². The van der Waals surface area contributed by atoms with Crippen molar-refractivity contribution in [1.82, 2.24) is 19.8 Å². The zero-order chi connectivity index (χ0) is 22.6. The number of pyridine rings is 1. The van der Waals surface area contributed by atoms with E-state index in [9.17, 15) is 22.4 Å². The summed E-state index contributed by atoms with van der Waals surface area (Å²) in [5.41, 5.74) is -4.45. The molecular weight excluding hydrogens is 438 g/mol. The number of nitrogens with zero attached hydrogens (tertiary/aromatic N) is 3. The van der Waals surface area contributed by atoms with Crippen molar-refractivity contribution in [3.8, 4) is 11.8 Å². The Morgan fingerprint density at radius 3 is 2.87 bits per heavy atom. The van der Waals surface area contributed by atoms with Gasteiger partial charge in [-0.2, -0.15) is 18.3 Å². The van der Waals surface area contributed by atoms with Gasteiger partial charge >= 0.3 is 11.6 Å². The van der Waals surface area contributed by atoms with Gasteiger partial charge in [-0.1, -0.05) is 12.0 Å². The van der Waals surface area contributed by atoms with Gasteiger partial charge in [0.25, 0.3) is 0 Å². The Hall–Kier alpha value is -2.65. The first-order chi connectivity index (χ1) is 14.7. The third-order valence-corrected chi connectivity index (χ3v) is 5.46. The van der Waals surface area contributed by atoms with Crippen LogP contribution < -0.4 is 10.6 Å². The quantitative estimate of drug-likeness (QED) is 0.416. The molecule has 12 heteroatoms. The molecule has 1 aliphatic heterocycles. The number of rotatable bonds is 4. The Labute approximate surface area is 180 Å². The molecular formula is C19H21F4N5O2S. The molecule has 3 heterocycles. The number of alkyl carbamates (subject to hydrolysis) is 1. The number of amides is 1. The van der Waals surface area contributed by atoms with Crippen LogP contribution in [-0.4, -0.2) is 72.1 Å². The standard InChI is InChI=1S/C19H21F4N5O2S/c1-27-10-8-13(12(20)11-27)25-16-7-3-6-15-17(31-19(21,22)23)14(26-28(15)16)5-4-9-24-18(29)30-2/h3,6-7,12-13,25H,8-11H2,1-2H3,(H,24,29)/t12-,13+/m0/s1. The van der Waals surface area contributed by atoms with E-state index < -0.39 is 23.8 Å². The summed E-state index contributed by atoms with van der Waals surface area (Å²) in [6.45, 7) is 0.846. The third kappa shape index (κ3) is 5.95. The summed E-state index contributed by atoms with van der Waals surface area (Å²) in [4.78, 5) is 12.8. The number of likely N-dealkylation sites (tertiary alicyclic amines) is 1. The van der Waals surface area contributed by atoms with E-state index >= 15 is 0 Å². The van der Waals surface area contributed by atoms with Gasteiger partial charge in [-0.25, -0.2) is 13.7 Å². The van der Waals surface area contributed by atoms with Crippen LogP contribution in [0.15, 0.2) is 23.1 Å². The first kappa shape index (κ1) is 23.0. The number of aromatic nitrogens is 2. The maximum absolute atomic E-state index is 14.4. The monoisotopic (exact) mass is 459 g/mol. The van der Waals surface area contributed by atoms with Crippen molar-refractivity contribution in [3.63, 3.8) is 0 Å². The first-order valence-electron chi connectivity index (χ1n) is 9.35. The zero-order valence-electron chi connectivity index (χ0n) is 16.8. The fourth-order valence-electron chi connectivity index (χ4n) is 3.18. The molecule has 0 aliphatic carbocycles. The second-order valence-corrected chi connectivity index (χ2v) is 7.97. The second kappa shape index (κ2) is 9.65. The van der Waals surface area contributed by atoms with Crippen LogP contribution in [-0.2, 0) is 4.74 Å². The van der Waals surface area contributed by atoms with Gasteiger partial charge in [0.2, 0.25) is 0 Å². The predicted octanol–water partition coefficient (Wildman–Crippen LogP) is 3.11. The molecule has 31 heavy (non-hydrogen) atoms. The largest absolute Gasteiger partial charge is 0.453 e. The molecule has 168 valence electrons. The van der Waals surface area contributed by atoms with Crippen molar-refractivity contribution in [2.75, 3.05) is 39.1 Å². The maximum atomic E-state index is 14.4. The van der Waals surface area contributed by atoms with Crippen LogP contribution in [0.5, 0.6) is 0 Å². The number of piperidine rings is 1. The molecule has 2 atom stereocenters. The molecule has 0 aromatic carbocycles. The van der Waals surface area contributed by atoms with Crippen LogP contribution in [0, 0.1) is 11.8 Å². The van der Waals surface area contributed by atoms with Gasteiger partial charge in [-0.3, -0.25) is 0 Å². The number of nitrogens with one attached hydrogen (secondary N) is 2. The minimum absolute atomic E-state index is 0.0941. The lowest BCUT2D eigenvalue weighted by atomic mass is 10.0. The minimum atomic E-state index is -4.55. The smallest absolute Gasteiger partial charge is 0.446 e. The van der Waals surface area contributed by atoms with E-state index in [2.05, 4.69) is 32.3 Å². The highest BCUT2D eigenvalue weighted by Gasteiger charge is 2.33. The molecule has 2 N–H and O–H groups in total. The van der Waals surface area contributed by atoms with Gasteiger partial charge in [0, 0.05) is 13.1 Å². The van der Waals surface area contributed by atoms with Crippen molar-refractivity contribution in [3.05, 3.63) is 23.9 Å². The number of alkyl halides is 4. The molecule has 7 nitrogen and oxygen atoms in total. The van der Waals surface area contributed by atoms with E-state index in [0.717, 1.165) is 0 Å². The van der Waals surface area contributed by atoms with E-state index in [0.29, 0.717) is 18.8 Å². The summed E-state index contributed by atoms with van der Waals surface area (Å²) < 4.78 is 59.6. The van der Waals surface area contributed by atoms with Crippen LogP contribution >= 0.6 is 11.8 Å². The number of fused-ring (bicyclic) bond motifs is 1. The van der Waals surface area contributed by atoms with Crippen molar-refractivity contribution in [2.45, 2.75) is 29.0 Å². The average molecular weight is 459 g/mol. The highest BCUT2D eigenvalue weighted by Crippen LogP contribution is 2.41. The summed E-state index contributed by atoms with van der Waals surface area (Å²) >= 11 is -0.318. The highest BCUT2D eigenvalue weighted by molar-refractivity contribution is 8.00. The molecule has 2 aromatic rings. The van der Waals surface area contributed by atoms with Crippen LogP contribution in [0.25, 0.3) is 5.52 Å².